The lowest BCUT2D eigenvalue weighted by atomic mass is 9.35. The fourth-order valence-electron chi connectivity index (χ4n) is 9.75. The number of aliphatic hydroxyl groups is 1. The van der Waals surface area contributed by atoms with E-state index in [-0.39, 0.29) is 29.5 Å². The summed E-state index contributed by atoms with van der Waals surface area (Å²) < 4.78 is 25.4. The molecule has 0 radical (unpaired) electrons. The van der Waals surface area contributed by atoms with Gasteiger partial charge in [-0.15, -0.1) is 0 Å². The second-order valence-corrected chi connectivity index (χ2v) is 12.8. The van der Waals surface area contributed by atoms with Crippen molar-refractivity contribution < 1.29 is 24.1 Å². The molecule has 6 nitrogen and oxygen atoms in total. The largest absolute Gasteiger partial charge is 0.497 e. The highest BCUT2D eigenvalue weighted by atomic mass is 16.6. The Balaban J connectivity index is 1.23. The quantitative estimate of drug-likeness (QED) is 0.557. The van der Waals surface area contributed by atoms with Gasteiger partial charge in [-0.2, -0.15) is 0 Å². The van der Waals surface area contributed by atoms with Crippen LogP contribution in [-0.4, -0.2) is 61.7 Å². The van der Waals surface area contributed by atoms with E-state index in [2.05, 4.69) is 29.2 Å². The van der Waals surface area contributed by atoms with E-state index in [1.165, 1.54) is 30.5 Å². The van der Waals surface area contributed by atoms with Gasteiger partial charge in [0.2, 0.25) is 0 Å². The van der Waals surface area contributed by atoms with E-state index in [0.29, 0.717) is 12.6 Å². The molecule has 6 heteroatoms. The molecule has 9 rings (SSSR count). The summed E-state index contributed by atoms with van der Waals surface area (Å²) in [6.07, 6.45) is 8.00. The van der Waals surface area contributed by atoms with Crippen LogP contribution >= 0.6 is 0 Å². The van der Waals surface area contributed by atoms with E-state index in [4.69, 9.17) is 18.9 Å². The van der Waals surface area contributed by atoms with Crippen LogP contribution in [0.5, 0.6) is 17.2 Å². The van der Waals surface area contributed by atoms with Crippen molar-refractivity contribution in [2.45, 2.75) is 74.7 Å². The monoisotopic (exact) mass is 517 g/mol. The highest BCUT2D eigenvalue weighted by Crippen LogP contribution is 2.76. The molecule has 38 heavy (non-hydrogen) atoms. The van der Waals surface area contributed by atoms with Gasteiger partial charge in [0, 0.05) is 48.6 Å². The minimum atomic E-state index is -0.458. The van der Waals surface area contributed by atoms with E-state index >= 15 is 0 Å². The van der Waals surface area contributed by atoms with Crippen molar-refractivity contribution in [1.82, 2.24) is 4.90 Å². The summed E-state index contributed by atoms with van der Waals surface area (Å²) >= 11 is 0. The first kappa shape index (κ1) is 23.6. The van der Waals surface area contributed by atoms with Crippen molar-refractivity contribution in [2.24, 2.45) is 17.3 Å². The molecule has 2 aromatic rings. The van der Waals surface area contributed by atoms with Crippen molar-refractivity contribution in [2.75, 3.05) is 33.9 Å². The predicted molar refractivity (Wildman–Crippen MR) is 143 cm³/mol. The van der Waals surface area contributed by atoms with E-state index in [1.54, 1.807) is 7.11 Å². The molecule has 1 saturated heterocycles. The van der Waals surface area contributed by atoms with E-state index in [9.17, 15) is 5.11 Å². The van der Waals surface area contributed by atoms with E-state index in [0.717, 1.165) is 67.4 Å². The molecule has 2 aliphatic heterocycles. The van der Waals surface area contributed by atoms with Crippen molar-refractivity contribution in [3.63, 3.8) is 0 Å². The summed E-state index contributed by atoms with van der Waals surface area (Å²) in [5.41, 5.74) is 3.54. The molecule has 1 N–H and O–H groups in total. The molecule has 2 aromatic carbocycles. The number of methoxy groups -OCH3 is 2. The van der Waals surface area contributed by atoms with Crippen LogP contribution in [0.1, 0.15) is 55.2 Å². The average Bonchev–Trinajstić information content (AvgIpc) is 3.70. The summed E-state index contributed by atoms with van der Waals surface area (Å²) in [4.78, 5) is 2.84. The van der Waals surface area contributed by atoms with Gasteiger partial charge < -0.3 is 24.1 Å². The molecule has 5 aliphatic carbocycles. The first-order valence-electron chi connectivity index (χ1n) is 14.6. The van der Waals surface area contributed by atoms with Gasteiger partial charge in [0.05, 0.1) is 7.11 Å². The van der Waals surface area contributed by atoms with Crippen LogP contribution in [0.2, 0.25) is 0 Å². The average molecular weight is 518 g/mol. The number of nitrogens with zero attached hydrogens (tertiary/aromatic N) is 1. The topological polar surface area (TPSA) is 60.4 Å². The van der Waals surface area contributed by atoms with Crippen molar-refractivity contribution >= 4 is 0 Å². The Morgan fingerprint density at radius 2 is 1.89 bits per heavy atom. The van der Waals surface area contributed by atoms with Crippen LogP contribution in [0, 0.1) is 17.3 Å². The second kappa shape index (κ2) is 8.12. The number of piperidine rings is 1. The number of hydrogen-bond donors (Lipinski definition) is 1. The Morgan fingerprint density at radius 1 is 1.05 bits per heavy atom. The molecule has 7 aliphatic rings. The molecule has 4 saturated carbocycles. The number of ether oxygens (including phenoxy) is 4. The predicted octanol–water partition coefficient (Wildman–Crippen LogP) is 4.49. The maximum Gasteiger partial charge on any atom is 0.166 e. The number of aliphatic hydroxyl groups excluding tert-OH is 1. The minimum absolute atomic E-state index is 0.0694. The minimum Gasteiger partial charge on any atom is -0.497 e. The molecule has 0 aromatic heterocycles. The third-order valence-electron chi connectivity index (χ3n) is 11.6. The molecule has 0 amide bonds. The Morgan fingerprint density at radius 3 is 2.63 bits per heavy atom. The zero-order chi connectivity index (χ0) is 25.7. The standard InChI is InChI=1S/C32H39NO5/c1-35-24-8-5-21(6-9-24)19-37-25-10-7-22-15-26-30-11-12-32(36-2,23(16-30)18-34)29-31(30,27(22)28(25)38-29)13-14-33(26)17-20-3-4-20/h5-10,20,23,26,29,34H,3-4,11-19H2,1-2H3/t23-,26-,29?,30-,31+,32?/m1/s1. The van der Waals surface area contributed by atoms with Gasteiger partial charge in [-0.05, 0) is 86.7 Å². The van der Waals surface area contributed by atoms with Crippen LogP contribution in [-0.2, 0) is 23.2 Å². The Hall–Kier alpha value is -2.28. The molecular weight excluding hydrogens is 478 g/mol. The maximum atomic E-state index is 10.7. The third-order valence-corrected chi connectivity index (χ3v) is 11.6. The first-order chi connectivity index (χ1) is 18.6. The number of fused-ring (bicyclic) bond motifs is 2. The number of likely N-dealkylation sites (tertiary alicyclic amines) is 1. The number of benzene rings is 2. The van der Waals surface area contributed by atoms with Crippen LogP contribution in [0.4, 0.5) is 0 Å². The normalized spacial score (nSPS) is 38.0. The zero-order valence-electron chi connectivity index (χ0n) is 22.6. The molecule has 6 atom stereocenters. The summed E-state index contributed by atoms with van der Waals surface area (Å²) in [5.74, 6) is 3.60. The van der Waals surface area contributed by atoms with Gasteiger partial charge in [0.25, 0.3) is 0 Å². The molecule has 2 unspecified atom stereocenters. The van der Waals surface area contributed by atoms with Crippen LogP contribution in [0.25, 0.3) is 0 Å². The van der Waals surface area contributed by atoms with E-state index in [1.807, 2.05) is 19.2 Å². The second-order valence-electron chi connectivity index (χ2n) is 12.8. The summed E-state index contributed by atoms with van der Waals surface area (Å²) in [5, 5.41) is 10.7. The molecule has 202 valence electrons. The lowest BCUT2D eigenvalue weighted by Crippen LogP contribution is -2.81. The fourth-order valence-corrected chi connectivity index (χ4v) is 9.75. The summed E-state index contributed by atoms with van der Waals surface area (Å²) in [7, 11) is 3.53. The van der Waals surface area contributed by atoms with Gasteiger partial charge in [0.15, 0.2) is 11.5 Å². The Labute approximate surface area is 225 Å². The number of rotatable bonds is 8. The van der Waals surface area contributed by atoms with Gasteiger partial charge in [-0.3, -0.25) is 4.90 Å². The van der Waals surface area contributed by atoms with Gasteiger partial charge in [0.1, 0.15) is 24.1 Å². The third kappa shape index (κ3) is 2.84. The highest BCUT2D eigenvalue weighted by molar-refractivity contribution is 5.63. The lowest BCUT2D eigenvalue weighted by Gasteiger charge is -2.73. The Kier molecular flexibility index (Phi) is 5.04. The summed E-state index contributed by atoms with van der Waals surface area (Å²) in [6.45, 7) is 3.00. The zero-order valence-corrected chi connectivity index (χ0v) is 22.6. The van der Waals surface area contributed by atoms with Crippen molar-refractivity contribution in [3.8, 4) is 17.2 Å². The van der Waals surface area contributed by atoms with Crippen molar-refractivity contribution in [1.29, 1.82) is 0 Å². The smallest absolute Gasteiger partial charge is 0.166 e. The molecule has 2 spiro atoms. The molecule has 4 bridgehead atoms. The van der Waals surface area contributed by atoms with Crippen molar-refractivity contribution in [3.05, 3.63) is 53.1 Å². The maximum absolute atomic E-state index is 10.7. The fraction of sp³-hybridized carbons (Fsp3) is 0.625. The van der Waals surface area contributed by atoms with Crippen LogP contribution < -0.4 is 14.2 Å². The highest BCUT2D eigenvalue weighted by Gasteiger charge is 2.80. The Bertz CT molecular complexity index is 1260. The van der Waals surface area contributed by atoms with Crippen LogP contribution in [0.3, 0.4) is 0 Å². The molecule has 2 heterocycles. The molecular formula is C32H39NO5. The first-order valence-corrected chi connectivity index (χ1v) is 14.6. The van der Waals surface area contributed by atoms with E-state index < -0.39 is 5.60 Å². The van der Waals surface area contributed by atoms with Crippen LogP contribution in [0.15, 0.2) is 36.4 Å². The SMILES string of the molecule is COc1ccc(COc2ccc3c4c2OC2C5(OC)CC[C@@]6(C[C@@H]5CO)[C@@H](C3)N(CC3CC3)CC[C@]426)cc1. The summed E-state index contributed by atoms with van der Waals surface area (Å²) in [6, 6.07) is 13.0. The van der Waals surface area contributed by atoms with Gasteiger partial charge in [-0.1, -0.05) is 18.2 Å². The van der Waals surface area contributed by atoms with Gasteiger partial charge in [-0.25, -0.2) is 0 Å². The number of hydrogen-bond acceptors (Lipinski definition) is 6. The lowest BCUT2D eigenvalue weighted by molar-refractivity contribution is -0.281. The molecule has 5 fully saturated rings. The van der Waals surface area contributed by atoms with Gasteiger partial charge >= 0.3 is 0 Å².